The number of nitrogen functional groups attached to an aromatic ring is 1. The van der Waals surface area contributed by atoms with Crippen molar-refractivity contribution in [1.82, 2.24) is 0 Å². The molecular weight excluding hydrogens is 188 g/mol. The molecule has 1 rings (SSSR count). The number of nitrogens with two attached hydrogens (primary N) is 1. The van der Waals surface area contributed by atoms with Crippen LogP contribution in [-0.2, 0) is 0 Å². The summed E-state index contributed by atoms with van der Waals surface area (Å²) in [7, 11) is 0. The summed E-state index contributed by atoms with van der Waals surface area (Å²) >= 11 is 5.79. The van der Waals surface area contributed by atoms with Crippen LogP contribution in [0.4, 0.5) is 11.4 Å². The minimum atomic E-state index is -0.0271. The van der Waals surface area contributed by atoms with E-state index in [0.29, 0.717) is 10.7 Å². The van der Waals surface area contributed by atoms with Crippen LogP contribution in [0.15, 0.2) is 18.2 Å². The summed E-state index contributed by atoms with van der Waals surface area (Å²) in [5.74, 6) is 0. The zero-order chi connectivity index (χ0) is 9.84. The van der Waals surface area contributed by atoms with Gasteiger partial charge in [0.1, 0.15) is 0 Å². The molecule has 4 N–H and O–H groups in total. The second-order valence-electron chi connectivity index (χ2n) is 2.96. The molecule has 1 atom stereocenters. The summed E-state index contributed by atoms with van der Waals surface area (Å²) in [6.07, 6.45) is 0. The molecule has 0 radical (unpaired) electrons. The standard InChI is InChI=1S/C9H13ClN2O/c1-6(5-13)12-9-4-7(10)2-3-8(9)11/h2-4,6,12-13H,5,11H2,1H3. The lowest BCUT2D eigenvalue weighted by Gasteiger charge is -2.14. The van der Waals surface area contributed by atoms with E-state index in [1.54, 1.807) is 18.2 Å². The maximum absolute atomic E-state index is 8.82. The molecule has 1 unspecified atom stereocenters. The smallest absolute Gasteiger partial charge is 0.0630 e. The van der Waals surface area contributed by atoms with E-state index >= 15 is 0 Å². The Bertz CT molecular complexity index is 291. The highest BCUT2D eigenvalue weighted by molar-refractivity contribution is 6.31. The van der Waals surface area contributed by atoms with E-state index in [-0.39, 0.29) is 12.6 Å². The molecule has 13 heavy (non-hydrogen) atoms. The number of anilines is 2. The molecule has 4 heteroatoms. The van der Waals surface area contributed by atoms with Gasteiger partial charge in [-0.15, -0.1) is 0 Å². The molecule has 0 saturated carbocycles. The summed E-state index contributed by atoms with van der Waals surface area (Å²) in [5.41, 5.74) is 7.08. The molecule has 3 nitrogen and oxygen atoms in total. The van der Waals surface area contributed by atoms with Crippen molar-refractivity contribution in [2.24, 2.45) is 0 Å². The van der Waals surface area contributed by atoms with Crippen molar-refractivity contribution >= 4 is 23.0 Å². The van der Waals surface area contributed by atoms with Crippen LogP contribution in [0.1, 0.15) is 6.92 Å². The zero-order valence-corrected chi connectivity index (χ0v) is 8.17. The van der Waals surface area contributed by atoms with Crippen LogP contribution < -0.4 is 11.1 Å². The van der Waals surface area contributed by atoms with Crippen molar-refractivity contribution in [1.29, 1.82) is 0 Å². The molecule has 0 amide bonds. The minimum absolute atomic E-state index is 0.0271. The Hall–Kier alpha value is -0.930. The van der Waals surface area contributed by atoms with Crippen molar-refractivity contribution in [3.63, 3.8) is 0 Å². The number of nitrogens with one attached hydrogen (secondary N) is 1. The Labute approximate surface area is 82.5 Å². The van der Waals surface area contributed by atoms with E-state index in [1.807, 2.05) is 6.92 Å². The Morgan fingerprint density at radius 1 is 1.62 bits per heavy atom. The Morgan fingerprint density at radius 2 is 2.31 bits per heavy atom. The summed E-state index contributed by atoms with van der Waals surface area (Å²) in [4.78, 5) is 0. The van der Waals surface area contributed by atoms with E-state index in [0.717, 1.165) is 5.69 Å². The van der Waals surface area contributed by atoms with Crippen LogP contribution in [0.3, 0.4) is 0 Å². The van der Waals surface area contributed by atoms with Gasteiger partial charge in [-0.25, -0.2) is 0 Å². The van der Waals surface area contributed by atoms with E-state index < -0.39 is 0 Å². The van der Waals surface area contributed by atoms with Crippen LogP contribution in [0.5, 0.6) is 0 Å². The first-order chi connectivity index (χ1) is 6.13. The zero-order valence-electron chi connectivity index (χ0n) is 7.42. The average molecular weight is 201 g/mol. The van der Waals surface area contributed by atoms with Gasteiger partial charge in [0.05, 0.1) is 18.0 Å². The van der Waals surface area contributed by atoms with Gasteiger partial charge in [0.25, 0.3) is 0 Å². The molecular formula is C9H13ClN2O. The molecule has 1 aromatic rings. The summed E-state index contributed by atoms with van der Waals surface area (Å²) in [5, 5.41) is 12.5. The van der Waals surface area contributed by atoms with Gasteiger partial charge in [0.15, 0.2) is 0 Å². The predicted octanol–water partition coefficient (Wildman–Crippen LogP) is 1.71. The SMILES string of the molecule is CC(CO)Nc1cc(Cl)ccc1N. The number of benzene rings is 1. The Kier molecular flexibility index (Phi) is 3.39. The van der Waals surface area contributed by atoms with Gasteiger partial charge < -0.3 is 16.2 Å². The predicted molar refractivity (Wildman–Crippen MR) is 56.0 cm³/mol. The number of hydrogen-bond donors (Lipinski definition) is 3. The number of hydrogen-bond acceptors (Lipinski definition) is 3. The number of aliphatic hydroxyl groups excluding tert-OH is 1. The number of halogens is 1. The minimum Gasteiger partial charge on any atom is -0.397 e. The maximum atomic E-state index is 8.82. The maximum Gasteiger partial charge on any atom is 0.0630 e. The molecule has 1 aromatic carbocycles. The quantitative estimate of drug-likeness (QED) is 0.652. The molecule has 0 aliphatic heterocycles. The lowest BCUT2D eigenvalue weighted by atomic mass is 10.2. The molecule has 72 valence electrons. The summed E-state index contributed by atoms with van der Waals surface area (Å²) < 4.78 is 0. The van der Waals surface area contributed by atoms with Crippen LogP contribution in [0.2, 0.25) is 5.02 Å². The van der Waals surface area contributed by atoms with Crippen LogP contribution in [-0.4, -0.2) is 17.8 Å². The molecule has 0 spiro atoms. The van der Waals surface area contributed by atoms with Gasteiger partial charge in [-0.05, 0) is 25.1 Å². The molecule has 0 heterocycles. The molecule has 0 aliphatic rings. The third kappa shape index (κ3) is 2.79. The molecule has 0 aliphatic carbocycles. The molecule has 0 aromatic heterocycles. The van der Waals surface area contributed by atoms with Gasteiger partial charge in [-0.1, -0.05) is 11.6 Å². The van der Waals surface area contributed by atoms with E-state index in [4.69, 9.17) is 22.4 Å². The Morgan fingerprint density at radius 3 is 2.92 bits per heavy atom. The molecule has 0 fully saturated rings. The fourth-order valence-electron chi connectivity index (χ4n) is 0.965. The normalized spacial score (nSPS) is 12.5. The monoisotopic (exact) mass is 200 g/mol. The average Bonchev–Trinajstić information content (AvgIpc) is 2.11. The van der Waals surface area contributed by atoms with Crippen molar-refractivity contribution in [3.05, 3.63) is 23.2 Å². The highest BCUT2D eigenvalue weighted by Gasteiger charge is 2.03. The van der Waals surface area contributed by atoms with E-state index in [9.17, 15) is 0 Å². The van der Waals surface area contributed by atoms with Crippen LogP contribution in [0.25, 0.3) is 0 Å². The highest BCUT2D eigenvalue weighted by Crippen LogP contribution is 2.23. The van der Waals surface area contributed by atoms with E-state index in [1.165, 1.54) is 0 Å². The first-order valence-corrected chi connectivity index (χ1v) is 4.43. The fourth-order valence-corrected chi connectivity index (χ4v) is 1.14. The van der Waals surface area contributed by atoms with E-state index in [2.05, 4.69) is 5.32 Å². The largest absolute Gasteiger partial charge is 0.397 e. The number of rotatable bonds is 3. The first kappa shape index (κ1) is 10.2. The van der Waals surface area contributed by atoms with Gasteiger partial charge in [0, 0.05) is 11.1 Å². The van der Waals surface area contributed by atoms with Crippen LogP contribution >= 0.6 is 11.6 Å². The van der Waals surface area contributed by atoms with Crippen molar-refractivity contribution in [2.45, 2.75) is 13.0 Å². The summed E-state index contributed by atoms with van der Waals surface area (Å²) in [6, 6.07) is 5.17. The first-order valence-electron chi connectivity index (χ1n) is 4.06. The van der Waals surface area contributed by atoms with Crippen LogP contribution in [0, 0.1) is 0 Å². The fraction of sp³-hybridized carbons (Fsp3) is 0.333. The lowest BCUT2D eigenvalue weighted by Crippen LogP contribution is -2.19. The Balaban J connectivity index is 2.81. The third-order valence-electron chi connectivity index (χ3n) is 1.69. The van der Waals surface area contributed by atoms with Crippen molar-refractivity contribution < 1.29 is 5.11 Å². The van der Waals surface area contributed by atoms with Crippen molar-refractivity contribution in [3.8, 4) is 0 Å². The van der Waals surface area contributed by atoms with Crippen molar-refractivity contribution in [2.75, 3.05) is 17.7 Å². The second kappa shape index (κ2) is 4.35. The van der Waals surface area contributed by atoms with Gasteiger partial charge >= 0.3 is 0 Å². The number of aliphatic hydroxyl groups is 1. The van der Waals surface area contributed by atoms with Gasteiger partial charge in [0.2, 0.25) is 0 Å². The molecule has 0 saturated heterocycles. The highest BCUT2D eigenvalue weighted by atomic mass is 35.5. The van der Waals surface area contributed by atoms with Gasteiger partial charge in [-0.2, -0.15) is 0 Å². The lowest BCUT2D eigenvalue weighted by molar-refractivity contribution is 0.281. The second-order valence-corrected chi connectivity index (χ2v) is 3.40. The molecule has 0 bridgehead atoms. The third-order valence-corrected chi connectivity index (χ3v) is 1.93. The topological polar surface area (TPSA) is 58.3 Å². The summed E-state index contributed by atoms with van der Waals surface area (Å²) in [6.45, 7) is 1.92. The van der Waals surface area contributed by atoms with Gasteiger partial charge in [-0.3, -0.25) is 0 Å².